The first kappa shape index (κ1) is 21.1. The third-order valence-electron chi connectivity index (χ3n) is 4.36. The van der Waals surface area contributed by atoms with E-state index >= 15 is 0 Å². The van der Waals surface area contributed by atoms with Crippen LogP contribution in [0.5, 0.6) is 0 Å². The molecule has 0 unspecified atom stereocenters. The number of hydrazine groups is 1. The van der Waals surface area contributed by atoms with Crippen LogP contribution in [0.3, 0.4) is 0 Å². The van der Waals surface area contributed by atoms with Gasteiger partial charge in [0.1, 0.15) is 5.76 Å². The van der Waals surface area contributed by atoms with E-state index in [9.17, 15) is 22.8 Å². The second-order valence-electron chi connectivity index (χ2n) is 6.51. The van der Waals surface area contributed by atoms with Crippen molar-refractivity contribution in [1.82, 2.24) is 10.6 Å². The number of carboxylic acids is 1. The van der Waals surface area contributed by atoms with Gasteiger partial charge in [-0.1, -0.05) is 24.3 Å². The summed E-state index contributed by atoms with van der Waals surface area (Å²) in [5, 5.41) is 10.2. The molecule has 1 aromatic rings. The van der Waals surface area contributed by atoms with E-state index in [0.29, 0.717) is 5.76 Å². The van der Waals surface area contributed by atoms with Gasteiger partial charge in [0.05, 0.1) is 11.7 Å². The quantitative estimate of drug-likeness (QED) is 0.368. The van der Waals surface area contributed by atoms with Gasteiger partial charge in [0.2, 0.25) is 0 Å². The number of nitrogens with zero attached hydrogens (tertiary/aromatic N) is 1. The summed E-state index contributed by atoms with van der Waals surface area (Å²) >= 11 is -0.168. The molecule has 0 radical (unpaired) electrons. The summed E-state index contributed by atoms with van der Waals surface area (Å²) in [4.78, 5) is 27.6. The van der Waals surface area contributed by atoms with E-state index in [1.807, 2.05) is 0 Å². The number of hydrogen-bond donors (Lipinski definition) is 2. The van der Waals surface area contributed by atoms with Gasteiger partial charge in [-0.2, -0.15) is 13.2 Å². The first-order valence-electron chi connectivity index (χ1n) is 8.44. The lowest BCUT2D eigenvalue weighted by Crippen LogP contribution is -2.37. The molecule has 1 aromatic carbocycles. The van der Waals surface area contributed by atoms with Crippen LogP contribution in [-0.4, -0.2) is 34.2 Å². The molecule has 1 aliphatic heterocycles. The van der Waals surface area contributed by atoms with Gasteiger partial charge in [0.15, 0.2) is 6.61 Å². The molecule has 1 fully saturated rings. The smallest absolute Gasteiger partial charge is 0.446 e. The van der Waals surface area contributed by atoms with Gasteiger partial charge in [-0.3, -0.25) is 5.01 Å². The summed E-state index contributed by atoms with van der Waals surface area (Å²) in [5.41, 5.74) is -1.21. The molecule has 0 bridgehead atoms. The lowest BCUT2D eigenvalue weighted by molar-refractivity contribution is -0.152. The molecule has 1 aliphatic carbocycles. The molecule has 3 rings (SSSR count). The first-order valence-corrected chi connectivity index (χ1v) is 9.26. The fourth-order valence-corrected chi connectivity index (χ4v) is 3.40. The number of carbonyl (C=O) groups excluding carboxylic acids is 1. The van der Waals surface area contributed by atoms with Gasteiger partial charge in [0, 0.05) is 16.9 Å². The summed E-state index contributed by atoms with van der Waals surface area (Å²) in [6.07, 6.45) is 3.18. The SMILES string of the molecule is C=C(CC1=CN(C2(c3ccc(SC(F)(F)F)cc3)CC2)NO1)C(=O)OCC(=O)O. The number of ether oxygens (including phenoxy) is 1. The third-order valence-corrected chi connectivity index (χ3v) is 5.10. The summed E-state index contributed by atoms with van der Waals surface area (Å²) in [6.45, 7) is 2.81. The van der Waals surface area contributed by atoms with Crippen molar-refractivity contribution >= 4 is 23.7 Å². The van der Waals surface area contributed by atoms with Crippen LogP contribution in [0.15, 0.2) is 53.3 Å². The van der Waals surface area contributed by atoms with Crippen LogP contribution in [0, 0.1) is 0 Å². The molecule has 7 nitrogen and oxygen atoms in total. The van der Waals surface area contributed by atoms with E-state index in [2.05, 4.69) is 16.9 Å². The minimum atomic E-state index is -4.34. The average molecular weight is 430 g/mol. The molecule has 1 saturated carbocycles. The van der Waals surface area contributed by atoms with Crippen LogP contribution >= 0.6 is 11.8 Å². The Balaban J connectivity index is 1.62. The summed E-state index contributed by atoms with van der Waals surface area (Å²) in [6, 6.07) is 6.15. The molecule has 0 saturated heterocycles. The van der Waals surface area contributed by atoms with Gasteiger partial charge in [-0.15, -0.1) is 0 Å². The Morgan fingerprint density at radius 2 is 1.97 bits per heavy atom. The van der Waals surface area contributed by atoms with E-state index in [4.69, 9.17) is 9.94 Å². The van der Waals surface area contributed by atoms with Gasteiger partial charge < -0.3 is 14.7 Å². The molecule has 2 aliphatic rings. The fourth-order valence-electron chi connectivity index (χ4n) is 2.86. The Morgan fingerprint density at radius 3 is 2.52 bits per heavy atom. The van der Waals surface area contributed by atoms with Gasteiger partial charge >= 0.3 is 17.4 Å². The predicted octanol–water partition coefficient (Wildman–Crippen LogP) is 3.45. The molecule has 0 atom stereocenters. The minimum Gasteiger partial charge on any atom is -0.479 e. The Bertz CT molecular complexity index is 850. The van der Waals surface area contributed by atoms with Crippen molar-refractivity contribution in [2.24, 2.45) is 0 Å². The highest BCUT2D eigenvalue weighted by atomic mass is 32.2. The number of benzene rings is 1. The number of carboxylic acid groups (broad SMARTS) is 1. The van der Waals surface area contributed by atoms with Crippen molar-refractivity contribution in [1.29, 1.82) is 0 Å². The van der Waals surface area contributed by atoms with E-state index in [-0.39, 0.29) is 28.7 Å². The van der Waals surface area contributed by atoms with Crippen molar-refractivity contribution in [2.75, 3.05) is 6.61 Å². The highest BCUT2D eigenvalue weighted by Crippen LogP contribution is 2.52. The molecule has 0 amide bonds. The van der Waals surface area contributed by atoms with Crippen LogP contribution < -0.4 is 5.59 Å². The Kier molecular flexibility index (Phi) is 5.80. The topological polar surface area (TPSA) is 88.1 Å². The number of esters is 1. The van der Waals surface area contributed by atoms with Crippen molar-refractivity contribution in [3.63, 3.8) is 0 Å². The Hall–Kier alpha value is -2.66. The van der Waals surface area contributed by atoms with Crippen molar-refractivity contribution in [2.45, 2.75) is 35.2 Å². The van der Waals surface area contributed by atoms with Gasteiger partial charge in [-0.25, -0.2) is 9.59 Å². The Labute approximate surface area is 168 Å². The lowest BCUT2D eigenvalue weighted by Gasteiger charge is -2.26. The van der Waals surface area contributed by atoms with Crippen molar-refractivity contribution in [3.8, 4) is 0 Å². The second kappa shape index (κ2) is 7.99. The normalized spacial score (nSPS) is 17.3. The maximum atomic E-state index is 12.5. The van der Waals surface area contributed by atoms with Gasteiger partial charge in [-0.05, 0) is 42.3 Å². The van der Waals surface area contributed by atoms with Gasteiger partial charge in [0.25, 0.3) is 0 Å². The second-order valence-corrected chi connectivity index (χ2v) is 7.65. The van der Waals surface area contributed by atoms with Crippen LogP contribution in [0.1, 0.15) is 24.8 Å². The zero-order valence-corrected chi connectivity index (χ0v) is 15.8. The van der Waals surface area contributed by atoms with Crippen LogP contribution in [0.2, 0.25) is 0 Å². The number of alkyl halides is 3. The summed E-state index contributed by atoms with van der Waals surface area (Å²) in [7, 11) is 0. The molecule has 29 heavy (non-hydrogen) atoms. The van der Waals surface area contributed by atoms with Crippen LogP contribution in [-0.2, 0) is 24.7 Å². The minimum absolute atomic E-state index is 0.0131. The Morgan fingerprint density at radius 1 is 1.31 bits per heavy atom. The van der Waals surface area contributed by atoms with E-state index in [1.165, 1.54) is 12.1 Å². The molecular weight excluding hydrogens is 413 g/mol. The number of allylic oxidation sites excluding steroid dienone is 1. The summed E-state index contributed by atoms with van der Waals surface area (Å²) in [5.74, 6) is -1.74. The number of carbonyl (C=O) groups is 2. The third kappa shape index (κ3) is 5.24. The standard InChI is InChI=1S/C18H17F3N2O5S/c1-11(16(26)27-10-15(24)25)8-13-9-23(22-28-13)17(6-7-17)12-2-4-14(5-3-12)29-18(19,20)21/h2-5,9,22H,1,6-8,10H2,(H,24,25). The number of rotatable bonds is 8. The number of halogens is 3. The molecule has 1 heterocycles. The molecule has 156 valence electrons. The largest absolute Gasteiger partial charge is 0.479 e. The number of thioether (sulfide) groups is 1. The number of hydrogen-bond acceptors (Lipinski definition) is 7. The molecule has 0 aromatic heterocycles. The van der Waals surface area contributed by atoms with Crippen molar-refractivity contribution in [3.05, 3.63) is 53.9 Å². The zero-order chi connectivity index (χ0) is 21.2. The van der Waals surface area contributed by atoms with E-state index in [1.54, 1.807) is 23.3 Å². The monoisotopic (exact) mass is 430 g/mol. The fraction of sp³-hybridized carbons (Fsp3) is 0.333. The predicted molar refractivity (Wildman–Crippen MR) is 95.8 cm³/mol. The molecular formula is C18H17F3N2O5S. The maximum absolute atomic E-state index is 12.5. The lowest BCUT2D eigenvalue weighted by atomic mass is 10.0. The molecule has 0 spiro atoms. The van der Waals surface area contributed by atoms with Crippen molar-refractivity contribution < 1.29 is 37.4 Å². The highest BCUT2D eigenvalue weighted by molar-refractivity contribution is 8.00. The summed E-state index contributed by atoms with van der Waals surface area (Å²) < 4.78 is 42.0. The number of nitrogens with one attached hydrogen (secondary N) is 1. The zero-order valence-electron chi connectivity index (χ0n) is 15.0. The number of aliphatic carboxylic acids is 1. The highest BCUT2D eigenvalue weighted by Gasteiger charge is 2.51. The first-order chi connectivity index (χ1) is 13.6. The van der Waals surface area contributed by atoms with Crippen LogP contribution in [0.25, 0.3) is 0 Å². The van der Waals surface area contributed by atoms with E-state index < -0.39 is 29.6 Å². The molecule has 11 heteroatoms. The van der Waals surface area contributed by atoms with E-state index in [0.717, 1.165) is 18.4 Å². The average Bonchev–Trinajstić information content (AvgIpc) is 3.31. The maximum Gasteiger partial charge on any atom is 0.446 e. The molecule has 2 N–H and O–H groups in total. The van der Waals surface area contributed by atoms with Crippen LogP contribution in [0.4, 0.5) is 13.2 Å².